The number of hydrogen-bond acceptors (Lipinski definition) is 2. The smallest absolute Gasteiger partial charge is 0.229 e. The summed E-state index contributed by atoms with van der Waals surface area (Å²) in [6.45, 7) is 0. The largest absolute Gasteiger partial charge is 0.285 e. The van der Waals surface area contributed by atoms with Crippen molar-refractivity contribution in [3.63, 3.8) is 0 Å². The van der Waals surface area contributed by atoms with Crippen molar-refractivity contribution in [1.82, 2.24) is 4.98 Å². The van der Waals surface area contributed by atoms with Crippen LogP contribution in [0.4, 0.5) is 0 Å². The lowest BCUT2D eigenvalue weighted by Crippen LogP contribution is -2.17. The van der Waals surface area contributed by atoms with Crippen LogP contribution in [0, 0.1) is 0 Å². The second kappa shape index (κ2) is 0.968. The predicted octanol–water partition coefficient (Wildman–Crippen LogP) is 0.626. The van der Waals surface area contributed by atoms with Crippen molar-refractivity contribution in [2.24, 2.45) is 0 Å². The number of aromatic nitrogens is 1. The van der Waals surface area contributed by atoms with Crippen molar-refractivity contribution in [1.29, 1.82) is 0 Å². The summed E-state index contributed by atoms with van der Waals surface area (Å²) in [5, 5.41) is 0. The van der Waals surface area contributed by atoms with Crippen molar-refractivity contribution in [3.05, 3.63) is 29.6 Å². The van der Waals surface area contributed by atoms with Crippen LogP contribution in [0.15, 0.2) is 18.2 Å². The number of carbonyl (C=O) groups excluding carboxylic acids is 1. The number of carbonyl (C=O) groups is 1. The SMILES string of the molecule is O=C1c2cccc1n2. The summed E-state index contributed by atoms with van der Waals surface area (Å²) in [5.41, 5.74) is 1.20. The zero-order valence-corrected chi connectivity index (χ0v) is 4.09. The molecule has 38 valence electrons. The van der Waals surface area contributed by atoms with Gasteiger partial charge in [-0.1, -0.05) is 6.07 Å². The van der Waals surface area contributed by atoms with Gasteiger partial charge in [0.1, 0.15) is 11.4 Å². The van der Waals surface area contributed by atoms with Gasteiger partial charge in [-0.15, -0.1) is 0 Å². The molecule has 0 saturated carbocycles. The molecule has 0 atom stereocenters. The Hall–Kier alpha value is -1.18. The van der Waals surface area contributed by atoms with Gasteiger partial charge in [0.05, 0.1) is 0 Å². The maximum absolute atomic E-state index is 10.6. The van der Waals surface area contributed by atoms with Crippen LogP contribution in [0.5, 0.6) is 0 Å². The van der Waals surface area contributed by atoms with Crippen molar-refractivity contribution in [2.75, 3.05) is 0 Å². The van der Waals surface area contributed by atoms with Crippen LogP contribution in [0.2, 0.25) is 0 Å². The van der Waals surface area contributed by atoms with Gasteiger partial charge in [0.2, 0.25) is 5.78 Å². The number of pyridine rings is 1. The van der Waals surface area contributed by atoms with E-state index < -0.39 is 0 Å². The van der Waals surface area contributed by atoms with Crippen LogP contribution in [0.1, 0.15) is 16.2 Å². The Morgan fingerprint density at radius 3 is 2.12 bits per heavy atom. The Bertz CT molecular complexity index is 226. The van der Waals surface area contributed by atoms with Crippen LogP contribution in [0.3, 0.4) is 0 Å². The molecule has 0 radical (unpaired) electrons. The minimum atomic E-state index is 0.0903. The monoisotopic (exact) mass is 105 g/mol. The zero-order chi connectivity index (χ0) is 5.56. The second-order valence-corrected chi connectivity index (χ2v) is 1.74. The van der Waals surface area contributed by atoms with E-state index >= 15 is 0 Å². The van der Waals surface area contributed by atoms with Crippen molar-refractivity contribution < 1.29 is 4.79 Å². The Morgan fingerprint density at radius 2 is 1.88 bits per heavy atom. The van der Waals surface area contributed by atoms with Crippen LogP contribution < -0.4 is 0 Å². The number of rotatable bonds is 0. The molecule has 0 fully saturated rings. The molecule has 0 aromatic carbocycles. The van der Waals surface area contributed by atoms with Crippen molar-refractivity contribution >= 4 is 5.78 Å². The predicted molar refractivity (Wildman–Crippen MR) is 27.7 cm³/mol. The lowest BCUT2D eigenvalue weighted by Gasteiger charge is -2.08. The van der Waals surface area contributed by atoms with Crippen molar-refractivity contribution in [3.8, 4) is 0 Å². The molecule has 1 aromatic rings. The first kappa shape index (κ1) is 3.78. The molecule has 0 saturated heterocycles. The molecule has 2 heterocycles. The van der Waals surface area contributed by atoms with Gasteiger partial charge in [0, 0.05) is 0 Å². The van der Waals surface area contributed by atoms with E-state index in [1.165, 1.54) is 0 Å². The quantitative estimate of drug-likeness (QED) is 0.491. The highest BCUT2D eigenvalue weighted by molar-refractivity contribution is 6.11. The first-order chi connectivity index (χ1) is 3.88. The minimum absolute atomic E-state index is 0.0903. The van der Waals surface area contributed by atoms with Gasteiger partial charge in [-0.2, -0.15) is 0 Å². The number of nitrogens with zero attached hydrogens (tertiary/aromatic N) is 1. The summed E-state index contributed by atoms with van der Waals surface area (Å²) in [6.07, 6.45) is 0. The summed E-state index contributed by atoms with van der Waals surface area (Å²) in [4.78, 5) is 14.4. The third-order valence-electron chi connectivity index (χ3n) is 1.21. The van der Waals surface area contributed by atoms with Crippen molar-refractivity contribution in [2.45, 2.75) is 0 Å². The van der Waals surface area contributed by atoms with E-state index in [-0.39, 0.29) is 5.78 Å². The van der Waals surface area contributed by atoms with Gasteiger partial charge in [-0.05, 0) is 12.1 Å². The van der Waals surface area contributed by atoms with Gasteiger partial charge in [-0.25, -0.2) is 4.98 Å². The molecular formula is C6H3NO. The molecule has 2 bridgehead atoms. The summed E-state index contributed by atoms with van der Waals surface area (Å²) < 4.78 is 0. The summed E-state index contributed by atoms with van der Waals surface area (Å²) in [5.74, 6) is 0.0903. The van der Waals surface area contributed by atoms with E-state index in [1.54, 1.807) is 12.1 Å². The second-order valence-electron chi connectivity index (χ2n) is 1.74. The third kappa shape index (κ3) is 0.249. The maximum atomic E-state index is 10.6. The fourth-order valence-corrected chi connectivity index (χ4v) is 0.766. The third-order valence-corrected chi connectivity index (χ3v) is 1.21. The fourth-order valence-electron chi connectivity index (χ4n) is 0.766. The lowest BCUT2D eigenvalue weighted by atomic mass is 10.1. The summed E-state index contributed by atoms with van der Waals surface area (Å²) >= 11 is 0. The van der Waals surface area contributed by atoms with Crippen LogP contribution >= 0.6 is 0 Å². The van der Waals surface area contributed by atoms with Gasteiger partial charge >= 0.3 is 0 Å². The van der Waals surface area contributed by atoms with E-state index in [4.69, 9.17) is 0 Å². The Morgan fingerprint density at radius 1 is 1.25 bits per heavy atom. The lowest BCUT2D eigenvalue weighted by molar-refractivity contribution is 0.100. The molecule has 0 spiro atoms. The van der Waals surface area contributed by atoms with Gasteiger partial charge < -0.3 is 0 Å². The molecule has 1 aromatic heterocycles. The Balaban J connectivity index is 2.81. The highest BCUT2D eigenvalue weighted by Gasteiger charge is 2.20. The van der Waals surface area contributed by atoms with E-state index in [0.29, 0.717) is 11.4 Å². The van der Waals surface area contributed by atoms with Crippen LogP contribution in [-0.2, 0) is 0 Å². The average molecular weight is 105 g/mol. The van der Waals surface area contributed by atoms with Crippen LogP contribution in [-0.4, -0.2) is 10.8 Å². The summed E-state index contributed by atoms with van der Waals surface area (Å²) in [7, 11) is 0. The van der Waals surface area contributed by atoms with E-state index in [1.807, 2.05) is 6.07 Å². The first-order valence-corrected chi connectivity index (χ1v) is 2.40. The molecule has 1 aliphatic heterocycles. The van der Waals surface area contributed by atoms with E-state index in [2.05, 4.69) is 4.98 Å². The number of ketones is 1. The fraction of sp³-hybridized carbons (Fsp3) is 0. The number of hydrogen-bond donors (Lipinski definition) is 0. The van der Waals surface area contributed by atoms with Gasteiger partial charge in [0.15, 0.2) is 0 Å². The maximum Gasteiger partial charge on any atom is 0.229 e. The molecule has 2 heteroatoms. The van der Waals surface area contributed by atoms with E-state index in [9.17, 15) is 4.79 Å². The molecule has 2 aliphatic rings. The number of fused-ring (bicyclic) bond motifs is 2. The highest BCUT2D eigenvalue weighted by atomic mass is 16.1. The normalized spacial score (nSPS) is 13.2. The zero-order valence-electron chi connectivity index (χ0n) is 4.09. The molecule has 2 nitrogen and oxygen atoms in total. The Labute approximate surface area is 46.2 Å². The highest BCUT2D eigenvalue weighted by Crippen LogP contribution is 2.13. The molecule has 1 aliphatic carbocycles. The molecule has 0 unspecified atom stereocenters. The Kier molecular flexibility index (Phi) is 0.457. The average Bonchev–Trinajstić information content (AvgIpc) is 1.89. The molecular weight excluding hydrogens is 102 g/mol. The van der Waals surface area contributed by atoms with Crippen LogP contribution in [0.25, 0.3) is 0 Å². The molecule has 3 rings (SSSR count). The molecule has 0 N–H and O–H groups in total. The standard InChI is InChI=1S/C6H3NO/c8-6-4-2-1-3-5(6)7-4/h1-3H. The van der Waals surface area contributed by atoms with E-state index in [0.717, 1.165) is 0 Å². The van der Waals surface area contributed by atoms with Gasteiger partial charge in [0.25, 0.3) is 0 Å². The topological polar surface area (TPSA) is 30.0 Å². The molecule has 8 heavy (non-hydrogen) atoms. The molecule has 0 amide bonds. The van der Waals surface area contributed by atoms with Gasteiger partial charge in [-0.3, -0.25) is 4.79 Å². The first-order valence-electron chi connectivity index (χ1n) is 2.40. The summed E-state index contributed by atoms with van der Waals surface area (Å²) in [6, 6.07) is 5.27. The minimum Gasteiger partial charge on any atom is -0.285 e.